The lowest BCUT2D eigenvalue weighted by molar-refractivity contribution is -0.00104. The summed E-state index contributed by atoms with van der Waals surface area (Å²) < 4.78 is 0. The van der Waals surface area contributed by atoms with E-state index in [1.54, 1.807) is 6.92 Å². The third kappa shape index (κ3) is 1.74. The Kier molecular flexibility index (Phi) is 2.47. The zero-order valence-corrected chi connectivity index (χ0v) is 8.64. The van der Waals surface area contributed by atoms with Crippen molar-refractivity contribution in [2.75, 3.05) is 6.61 Å². The fourth-order valence-electron chi connectivity index (χ4n) is 1.78. The quantitative estimate of drug-likeness (QED) is 0.782. The molecule has 2 N–H and O–H groups in total. The van der Waals surface area contributed by atoms with E-state index in [-0.39, 0.29) is 6.61 Å². The molecule has 0 aromatic heterocycles. The average molecular weight is 202 g/mol. The Labute approximate surface area is 88.8 Å². The van der Waals surface area contributed by atoms with Gasteiger partial charge in [0.15, 0.2) is 0 Å². The molecule has 0 radical (unpaired) electrons. The highest BCUT2D eigenvalue weighted by atomic mass is 16.3. The van der Waals surface area contributed by atoms with E-state index in [1.807, 2.05) is 42.5 Å². The predicted octanol–water partition coefficient (Wildman–Crippen LogP) is 2.04. The normalized spacial score (nSPS) is 15.1. The van der Waals surface area contributed by atoms with Crippen LogP contribution in [-0.2, 0) is 5.60 Å². The number of hydrogen-bond donors (Lipinski definition) is 2. The van der Waals surface area contributed by atoms with Gasteiger partial charge in [-0.25, -0.2) is 0 Å². The molecule has 0 saturated heterocycles. The molecule has 1 atom stereocenters. The topological polar surface area (TPSA) is 40.5 Å². The third-order valence-corrected chi connectivity index (χ3v) is 2.68. The van der Waals surface area contributed by atoms with Gasteiger partial charge in [-0.1, -0.05) is 42.5 Å². The Hall–Kier alpha value is -1.38. The zero-order valence-electron chi connectivity index (χ0n) is 8.64. The number of benzene rings is 2. The minimum Gasteiger partial charge on any atom is -0.393 e. The van der Waals surface area contributed by atoms with Gasteiger partial charge in [-0.3, -0.25) is 0 Å². The summed E-state index contributed by atoms with van der Waals surface area (Å²) in [7, 11) is 0. The first-order valence-corrected chi connectivity index (χ1v) is 4.96. The second kappa shape index (κ2) is 3.65. The van der Waals surface area contributed by atoms with Crippen molar-refractivity contribution in [3.05, 3.63) is 48.0 Å². The van der Waals surface area contributed by atoms with Crippen LogP contribution >= 0.6 is 0 Å². The summed E-state index contributed by atoms with van der Waals surface area (Å²) in [5.74, 6) is 0. The monoisotopic (exact) mass is 202 g/mol. The highest BCUT2D eigenvalue weighted by Crippen LogP contribution is 2.27. The third-order valence-electron chi connectivity index (χ3n) is 2.68. The van der Waals surface area contributed by atoms with Crippen molar-refractivity contribution in [1.82, 2.24) is 0 Å². The summed E-state index contributed by atoms with van der Waals surface area (Å²) in [6, 6.07) is 13.6. The number of fused-ring (bicyclic) bond motifs is 1. The molecule has 0 amide bonds. The standard InChI is InChI=1S/C13H14O2/c1-13(15,9-14)12-8-4-6-10-5-2-3-7-11(10)12/h2-8,14-15H,9H2,1H3. The van der Waals surface area contributed by atoms with Gasteiger partial charge in [0.25, 0.3) is 0 Å². The Bertz CT molecular complexity index is 469. The molecule has 78 valence electrons. The van der Waals surface area contributed by atoms with Gasteiger partial charge >= 0.3 is 0 Å². The fourth-order valence-corrected chi connectivity index (χ4v) is 1.78. The van der Waals surface area contributed by atoms with Crippen LogP contribution in [0.3, 0.4) is 0 Å². The second-order valence-corrected chi connectivity index (χ2v) is 3.96. The molecule has 2 heteroatoms. The average Bonchev–Trinajstić information content (AvgIpc) is 2.28. The molecule has 0 heterocycles. The highest BCUT2D eigenvalue weighted by molar-refractivity contribution is 5.86. The van der Waals surface area contributed by atoms with E-state index in [0.29, 0.717) is 0 Å². The van der Waals surface area contributed by atoms with Crippen LogP contribution in [0.15, 0.2) is 42.5 Å². The van der Waals surface area contributed by atoms with Crippen LogP contribution in [0.2, 0.25) is 0 Å². The minimum absolute atomic E-state index is 0.277. The Morgan fingerprint density at radius 2 is 1.73 bits per heavy atom. The van der Waals surface area contributed by atoms with Crippen LogP contribution in [0.1, 0.15) is 12.5 Å². The van der Waals surface area contributed by atoms with E-state index < -0.39 is 5.60 Å². The van der Waals surface area contributed by atoms with Gasteiger partial charge in [-0.15, -0.1) is 0 Å². The molecule has 2 nitrogen and oxygen atoms in total. The van der Waals surface area contributed by atoms with Gasteiger partial charge in [-0.2, -0.15) is 0 Å². The van der Waals surface area contributed by atoms with Gasteiger partial charge in [0.1, 0.15) is 5.60 Å². The zero-order chi connectivity index (χ0) is 10.9. The molecule has 15 heavy (non-hydrogen) atoms. The lowest BCUT2D eigenvalue weighted by Crippen LogP contribution is -2.26. The largest absolute Gasteiger partial charge is 0.393 e. The molecule has 0 bridgehead atoms. The smallest absolute Gasteiger partial charge is 0.110 e. The van der Waals surface area contributed by atoms with E-state index in [4.69, 9.17) is 5.11 Å². The summed E-state index contributed by atoms with van der Waals surface area (Å²) in [6.45, 7) is 1.34. The van der Waals surface area contributed by atoms with Crippen LogP contribution < -0.4 is 0 Å². The molecule has 0 spiro atoms. The number of aliphatic hydroxyl groups excluding tert-OH is 1. The van der Waals surface area contributed by atoms with Crippen LogP contribution in [-0.4, -0.2) is 16.8 Å². The lowest BCUT2D eigenvalue weighted by atomic mass is 9.92. The van der Waals surface area contributed by atoms with Gasteiger partial charge in [-0.05, 0) is 23.3 Å². The first-order valence-electron chi connectivity index (χ1n) is 4.96. The molecule has 0 saturated carbocycles. The SMILES string of the molecule is CC(O)(CO)c1cccc2ccccc12. The molecule has 2 aromatic carbocycles. The molecule has 0 aliphatic carbocycles. The van der Waals surface area contributed by atoms with E-state index in [1.165, 1.54) is 0 Å². The van der Waals surface area contributed by atoms with E-state index in [2.05, 4.69) is 0 Å². The van der Waals surface area contributed by atoms with Gasteiger partial charge in [0.2, 0.25) is 0 Å². The van der Waals surface area contributed by atoms with Crippen molar-refractivity contribution in [2.45, 2.75) is 12.5 Å². The summed E-state index contributed by atoms with van der Waals surface area (Å²) in [5.41, 5.74) is -0.413. The van der Waals surface area contributed by atoms with Crippen LogP contribution in [0.25, 0.3) is 10.8 Å². The lowest BCUT2D eigenvalue weighted by Gasteiger charge is -2.22. The summed E-state index contributed by atoms with van der Waals surface area (Å²) in [6.07, 6.45) is 0. The molecule has 0 fully saturated rings. The minimum atomic E-state index is -1.18. The molecule has 1 unspecified atom stereocenters. The van der Waals surface area contributed by atoms with E-state index in [0.717, 1.165) is 16.3 Å². The number of hydrogen-bond acceptors (Lipinski definition) is 2. The first-order chi connectivity index (χ1) is 7.15. The fraction of sp³-hybridized carbons (Fsp3) is 0.231. The van der Waals surface area contributed by atoms with Crippen LogP contribution in [0.4, 0.5) is 0 Å². The Morgan fingerprint density at radius 1 is 1.07 bits per heavy atom. The van der Waals surface area contributed by atoms with Crippen molar-refractivity contribution < 1.29 is 10.2 Å². The van der Waals surface area contributed by atoms with Crippen LogP contribution in [0.5, 0.6) is 0 Å². The van der Waals surface area contributed by atoms with E-state index >= 15 is 0 Å². The molecular formula is C13H14O2. The Balaban J connectivity index is 2.71. The Morgan fingerprint density at radius 3 is 2.47 bits per heavy atom. The van der Waals surface area contributed by atoms with E-state index in [9.17, 15) is 5.11 Å². The van der Waals surface area contributed by atoms with Crippen molar-refractivity contribution in [2.24, 2.45) is 0 Å². The number of rotatable bonds is 2. The maximum Gasteiger partial charge on any atom is 0.110 e. The van der Waals surface area contributed by atoms with Crippen molar-refractivity contribution >= 4 is 10.8 Å². The summed E-state index contributed by atoms with van der Waals surface area (Å²) in [5, 5.41) is 21.3. The maximum absolute atomic E-state index is 10.0. The van der Waals surface area contributed by atoms with Crippen molar-refractivity contribution in [3.63, 3.8) is 0 Å². The molecular weight excluding hydrogens is 188 g/mol. The molecule has 2 aromatic rings. The maximum atomic E-state index is 10.0. The molecule has 0 aliphatic heterocycles. The predicted molar refractivity (Wildman–Crippen MR) is 60.6 cm³/mol. The summed E-state index contributed by atoms with van der Waals surface area (Å²) >= 11 is 0. The summed E-state index contributed by atoms with van der Waals surface area (Å²) in [4.78, 5) is 0. The van der Waals surface area contributed by atoms with Crippen molar-refractivity contribution in [1.29, 1.82) is 0 Å². The number of aliphatic hydroxyl groups is 2. The van der Waals surface area contributed by atoms with Crippen LogP contribution in [0, 0.1) is 0 Å². The highest BCUT2D eigenvalue weighted by Gasteiger charge is 2.23. The van der Waals surface area contributed by atoms with Crippen molar-refractivity contribution in [3.8, 4) is 0 Å². The van der Waals surface area contributed by atoms with Gasteiger partial charge < -0.3 is 10.2 Å². The van der Waals surface area contributed by atoms with Gasteiger partial charge in [0.05, 0.1) is 6.61 Å². The first kappa shape index (κ1) is 10.1. The molecule has 0 aliphatic rings. The van der Waals surface area contributed by atoms with Gasteiger partial charge in [0, 0.05) is 0 Å². The second-order valence-electron chi connectivity index (χ2n) is 3.96. The molecule has 2 rings (SSSR count).